The Bertz CT molecular complexity index is 927. The Morgan fingerprint density at radius 1 is 0.880 bits per heavy atom. The molecule has 0 aromatic carbocycles. The largest absolute Gasteiger partial charge is 0.353 e. The zero-order chi connectivity index (χ0) is 17.6. The number of hydrogen-bond acceptors (Lipinski definition) is 7. The fourth-order valence-electron chi connectivity index (χ4n) is 3.40. The third-order valence-corrected chi connectivity index (χ3v) is 5.74. The van der Waals surface area contributed by atoms with Crippen molar-refractivity contribution in [2.45, 2.75) is 27.7 Å². The van der Waals surface area contributed by atoms with Crippen molar-refractivity contribution in [1.82, 2.24) is 19.9 Å². The number of piperazine rings is 1. The molecule has 130 valence electrons. The highest BCUT2D eigenvalue weighted by atomic mass is 32.1. The van der Waals surface area contributed by atoms with Crippen molar-refractivity contribution in [3.05, 3.63) is 34.4 Å². The number of aromatic nitrogens is 4. The molecular weight excluding hydrogens is 332 g/mol. The molecule has 0 saturated carbocycles. The SMILES string of the molecule is Cc1nc(C)c(C)c(N2CCN(c3ncnc4sc(C)cc34)CC2)n1. The zero-order valence-electron chi connectivity index (χ0n) is 15.1. The Morgan fingerprint density at radius 3 is 2.28 bits per heavy atom. The first kappa shape index (κ1) is 16.2. The molecule has 1 aliphatic rings. The van der Waals surface area contributed by atoms with E-state index in [4.69, 9.17) is 0 Å². The molecule has 6 nitrogen and oxygen atoms in total. The number of rotatable bonds is 2. The van der Waals surface area contributed by atoms with E-state index < -0.39 is 0 Å². The molecule has 1 fully saturated rings. The first-order valence-corrected chi connectivity index (χ1v) is 9.37. The van der Waals surface area contributed by atoms with Gasteiger partial charge < -0.3 is 9.80 Å². The average molecular weight is 354 g/mol. The maximum Gasteiger partial charge on any atom is 0.140 e. The minimum atomic E-state index is 0.840. The first-order chi connectivity index (χ1) is 12.0. The molecular formula is C18H22N6S. The lowest BCUT2D eigenvalue weighted by Gasteiger charge is -2.37. The number of nitrogens with zero attached hydrogens (tertiary/aromatic N) is 6. The van der Waals surface area contributed by atoms with Crippen molar-refractivity contribution >= 4 is 33.2 Å². The predicted molar refractivity (Wildman–Crippen MR) is 103 cm³/mol. The van der Waals surface area contributed by atoms with Crippen LogP contribution in [0.5, 0.6) is 0 Å². The quantitative estimate of drug-likeness (QED) is 0.705. The van der Waals surface area contributed by atoms with E-state index in [1.807, 2.05) is 6.92 Å². The summed E-state index contributed by atoms with van der Waals surface area (Å²) in [5.41, 5.74) is 2.24. The van der Waals surface area contributed by atoms with Crippen LogP contribution in [-0.2, 0) is 0 Å². The van der Waals surface area contributed by atoms with Crippen LogP contribution in [0.1, 0.15) is 22.0 Å². The van der Waals surface area contributed by atoms with Gasteiger partial charge in [0.25, 0.3) is 0 Å². The van der Waals surface area contributed by atoms with Crippen LogP contribution < -0.4 is 9.80 Å². The molecule has 0 N–H and O–H groups in total. The first-order valence-electron chi connectivity index (χ1n) is 8.56. The van der Waals surface area contributed by atoms with Crippen LogP contribution >= 0.6 is 11.3 Å². The lowest BCUT2D eigenvalue weighted by molar-refractivity contribution is 0.639. The van der Waals surface area contributed by atoms with Gasteiger partial charge in [0.1, 0.15) is 28.6 Å². The van der Waals surface area contributed by atoms with Gasteiger partial charge in [-0.1, -0.05) is 0 Å². The van der Waals surface area contributed by atoms with E-state index in [0.29, 0.717) is 0 Å². The second-order valence-corrected chi connectivity index (χ2v) is 7.79. The van der Waals surface area contributed by atoms with Gasteiger partial charge in [0.05, 0.1) is 5.39 Å². The fraction of sp³-hybridized carbons (Fsp3) is 0.444. The summed E-state index contributed by atoms with van der Waals surface area (Å²) in [6.45, 7) is 12.0. The molecule has 0 atom stereocenters. The average Bonchev–Trinajstić information content (AvgIpc) is 2.98. The number of fused-ring (bicyclic) bond motifs is 1. The molecule has 0 radical (unpaired) electrons. The van der Waals surface area contributed by atoms with E-state index >= 15 is 0 Å². The van der Waals surface area contributed by atoms with E-state index in [1.54, 1.807) is 17.7 Å². The summed E-state index contributed by atoms with van der Waals surface area (Å²) in [6, 6.07) is 2.20. The van der Waals surface area contributed by atoms with E-state index in [2.05, 4.69) is 56.6 Å². The van der Waals surface area contributed by atoms with Gasteiger partial charge in [-0.3, -0.25) is 0 Å². The monoisotopic (exact) mass is 354 g/mol. The van der Waals surface area contributed by atoms with Crippen LogP contribution in [0.4, 0.5) is 11.6 Å². The Labute approximate surface area is 151 Å². The Kier molecular flexibility index (Phi) is 4.03. The van der Waals surface area contributed by atoms with E-state index in [0.717, 1.165) is 54.2 Å². The molecule has 25 heavy (non-hydrogen) atoms. The summed E-state index contributed by atoms with van der Waals surface area (Å²) >= 11 is 1.73. The number of anilines is 2. The summed E-state index contributed by atoms with van der Waals surface area (Å²) in [6.07, 6.45) is 1.68. The van der Waals surface area contributed by atoms with Crippen molar-refractivity contribution in [3.8, 4) is 0 Å². The third-order valence-electron chi connectivity index (χ3n) is 4.79. The minimum absolute atomic E-state index is 0.840. The lowest BCUT2D eigenvalue weighted by Crippen LogP contribution is -2.47. The van der Waals surface area contributed by atoms with Crippen LogP contribution in [0.2, 0.25) is 0 Å². The normalized spacial score (nSPS) is 15.2. The summed E-state index contributed by atoms with van der Waals surface area (Å²) in [4.78, 5) is 25.2. The second-order valence-electron chi connectivity index (χ2n) is 6.55. The molecule has 0 spiro atoms. The van der Waals surface area contributed by atoms with Gasteiger partial charge in [-0.2, -0.15) is 0 Å². The van der Waals surface area contributed by atoms with Crippen LogP contribution in [0, 0.1) is 27.7 Å². The van der Waals surface area contributed by atoms with Crippen LogP contribution in [0.3, 0.4) is 0 Å². The standard InChI is InChI=1S/C18H22N6S/c1-11-9-15-17(19-10-20-18(15)25-11)24-7-5-23(6-8-24)16-12(2)13(3)21-14(4)22-16/h9-10H,5-8H2,1-4H3. The van der Waals surface area contributed by atoms with Gasteiger partial charge in [-0.05, 0) is 33.8 Å². The second kappa shape index (κ2) is 6.22. The molecule has 7 heteroatoms. The van der Waals surface area contributed by atoms with Gasteiger partial charge in [0.15, 0.2) is 0 Å². The van der Waals surface area contributed by atoms with Crippen LogP contribution in [0.15, 0.2) is 12.4 Å². The predicted octanol–water partition coefficient (Wildman–Crippen LogP) is 3.04. The van der Waals surface area contributed by atoms with Gasteiger partial charge in [-0.15, -0.1) is 11.3 Å². The topological polar surface area (TPSA) is 58.0 Å². The number of thiophene rings is 1. The fourth-order valence-corrected chi connectivity index (χ4v) is 4.25. The van der Waals surface area contributed by atoms with Crippen molar-refractivity contribution in [2.24, 2.45) is 0 Å². The summed E-state index contributed by atoms with van der Waals surface area (Å²) < 4.78 is 0. The molecule has 0 bridgehead atoms. The van der Waals surface area contributed by atoms with Crippen molar-refractivity contribution in [2.75, 3.05) is 36.0 Å². The van der Waals surface area contributed by atoms with Crippen molar-refractivity contribution < 1.29 is 0 Å². The van der Waals surface area contributed by atoms with E-state index in [9.17, 15) is 0 Å². The summed E-state index contributed by atoms with van der Waals surface area (Å²) in [5, 5.41) is 1.17. The number of hydrogen-bond donors (Lipinski definition) is 0. The van der Waals surface area contributed by atoms with E-state index in [1.165, 1.54) is 15.8 Å². The van der Waals surface area contributed by atoms with Crippen LogP contribution in [0.25, 0.3) is 10.2 Å². The minimum Gasteiger partial charge on any atom is -0.353 e. The zero-order valence-corrected chi connectivity index (χ0v) is 15.9. The molecule has 3 aromatic heterocycles. The Balaban J connectivity index is 1.57. The van der Waals surface area contributed by atoms with Crippen molar-refractivity contribution in [3.63, 3.8) is 0 Å². The van der Waals surface area contributed by atoms with Gasteiger partial charge >= 0.3 is 0 Å². The van der Waals surface area contributed by atoms with Crippen LogP contribution in [-0.4, -0.2) is 46.1 Å². The molecule has 4 heterocycles. The molecule has 3 aromatic rings. The number of aryl methyl sites for hydroxylation is 3. The maximum atomic E-state index is 4.68. The van der Waals surface area contributed by atoms with Gasteiger partial charge in [0, 0.05) is 42.3 Å². The highest BCUT2D eigenvalue weighted by Gasteiger charge is 2.23. The summed E-state index contributed by atoms with van der Waals surface area (Å²) in [7, 11) is 0. The molecule has 0 aliphatic carbocycles. The maximum absolute atomic E-state index is 4.68. The molecule has 0 unspecified atom stereocenters. The highest BCUT2D eigenvalue weighted by molar-refractivity contribution is 7.18. The van der Waals surface area contributed by atoms with Gasteiger partial charge in [-0.25, -0.2) is 19.9 Å². The molecule has 1 aliphatic heterocycles. The Hall–Kier alpha value is -2.28. The lowest BCUT2D eigenvalue weighted by atomic mass is 10.2. The molecule has 1 saturated heterocycles. The van der Waals surface area contributed by atoms with Crippen molar-refractivity contribution in [1.29, 1.82) is 0 Å². The molecule has 4 rings (SSSR count). The van der Waals surface area contributed by atoms with Gasteiger partial charge in [0.2, 0.25) is 0 Å². The summed E-state index contributed by atoms with van der Waals surface area (Å²) in [5.74, 6) is 2.97. The molecule has 0 amide bonds. The Morgan fingerprint density at radius 2 is 1.56 bits per heavy atom. The highest BCUT2D eigenvalue weighted by Crippen LogP contribution is 2.31. The van der Waals surface area contributed by atoms with E-state index in [-0.39, 0.29) is 0 Å². The smallest absolute Gasteiger partial charge is 0.140 e. The third kappa shape index (κ3) is 2.93.